The molecule has 0 aliphatic rings. The smallest absolute Gasteiger partial charge is 0.307 e. The molecule has 0 fully saturated rings. The Labute approximate surface area is 122 Å². The first-order chi connectivity index (χ1) is 9.63. The van der Waals surface area contributed by atoms with Crippen LogP contribution in [0.4, 0.5) is 0 Å². The standard InChI is InChI=1S/C12H12N4O2S2/c1-8-7-20-12(18)16(8)6-10(17)13-4-9-5-15-2-3-19-11(15)14-9/h2-3,5,7H,4,6H2,1H3,(H,13,17). The van der Waals surface area contributed by atoms with Crippen LogP contribution in [-0.4, -0.2) is 19.9 Å². The van der Waals surface area contributed by atoms with Gasteiger partial charge in [-0.1, -0.05) is 11.3 Å². The SMILES string of the molecule is Cc1csc(=O)n1CC(=O)NCc1cn2ccsc2n1. The molecule has 6 nitrogen and oxygen atoms in total. The van der Waals surface area contributed by atoms with Gasteiger partial charge in [-0.3, -0.25) is 18.6 Å². The van der Waals surface area contributed by atoms with Crippen molar-refractivity contribution in [1.82, 2.24) is 19.3 Å². The van der Waals surface area contributed by atoms with Gasteiger partial charge in [0, 0.05) is 28.8 Å². The number of thiazole rings is 2. The molecule has 20 heavy (non-hydrogen) atoms. The first-order valence-corrected chi connectivity index (χ1v) is 7.72. The molecule has 0 bridgehead atoms. The second kappa shape index (κ2) is 5.22. The molecule has 0 saturated carbocycles. The molecule has 3 heterocycles. The highest BCUT2D eigenvalue weighted by atomic mass is 32.1. The number of carbonyl (C=O) groups is 1. The quantitative estimate of drug-likeness (QED) is 0.788. The summed E-state index contributed by atoms with van der Waals surface area (Å²) in [6, 6.07) is 0. The van der Waals surface area contributed by atoms with Crippen molar-refractivity contribution < 1.29 is 4.79 Å². The van der Waals surface area contributed by atoms with Crippen LogP contribution in [0.25, 0.3) is 4.96 Å². The van der Waals surface area contributed by atoms with E-state index in [0.29, 0.717) is 6.54 Å². The molecule has 0 radical (unpaired) electrons. The number of nitrogens with zero attached hydrogens (tertiary/aromatic N) is 3. The average Bonchev–Trinajstić information content (AvgIpc) is 3.06. The van der Waals surface area contributed by atoms with Gasteiger partial charge in [0.05, 0.1) is 12.2 Å². The average molecular weight is 308 g/mol. The maximum atomic E-state index is 11.8. The van der Waals surface area contributed by atoms with Gasteiger partial charge in [0.2, 0.25) is 5.91 Å². The van der Waals surface area contributed by atoms with Gasteiger partial charge in [0.1, 0.15) is 6.54 Å². The Bertz CT molecular complexity index is 782. The Hall–Kier alpha value is -1.93. The van der Waals surface area contributed by atoms with Gasteiger partial charge in [-0.05, 0) is 6.92 Å². The van der Waals surface area contributed by atoms with Crippen LogP contribution in [0, 0.1) is 6.92 Å². The molecule has 3 aromatic heterocycles. The normalized spacial score (nSPS) is 11.1. The molecule has 0 aliphatic carbocycles. The molecular formula is C12H12N4O2S2. The van der Waals surface area contributed by atoms with Gasteiger partial charge in [-0.2, -0.15) is 0 Å². The zero-order chi connectivity index (χ0) is 14.1. The summed E-state index contributed by atoms with van der Waals surface area (Å²) in [5.41, 5.74) is 1.61. The number of nitrogens with one attached hydrogen (secondary N) is 1. The fourth-order valence-corrected chi connectivity index (χ4v) is 3.30. The molecular weight excluding hydrogens is 296 g/mol. The van der Waals surface area contributed by atoms with E-state index in [0.717, 1.165) is 27.7 Å². The summed E-state index contributed by atoms with van der Waals surface area (Å²) in [4.78, 5) is 28.5. The summed E-state index contributed by atoms with van der Waals surface area (Å²) in [6.07, 6.45) is 3.81. The van der Waals surface area contributed by atoms with E-state index in [9.17, 15) is 9.59 Å². The highest BCUT2D eigenvalue weighted by Gasteiger charge is 2.09. The van der Waals surface area contributed by atoms with Gasteiger partial charge < -0.3 is 5.32 Å². The minimum atomic E-state index is -0.190. The van der Waals surface area contributed by atoms with Crippen molar-refractivity contribution in [2.75, 3.05) is 0 Å². The Morgan fingerprint density at radius 1 is 1.45 bits per heavy atom. The number of rotatable bonds is 4. The molecule has 0 spiro atoms. The number of hydrogen-bond acceptors (Lipinski definition) is 5. The molecule has 3 rings (SSSR count). The molecule has 0 aromatic carbocycles. The summed E-state index contributed by atoms with van der Waals surface area (Å²) in [5, 5.41) is 6.48. The van der Waals surface area contributed by atoms with Crippen molar-refractivity contribution >= 4 is 33.5 Å². The van der Waals surface area contributed by atoms with E-state index in [1.54, 1.807) is 16.7 Å². The largest absolute Gasteiger partial charge is 0.349 e. The molecule has 0 aliphatic heterocycles. The minimum absolute atomic E-state index is 0.0520. The maximum absolute atomic E-state index is 11.8. The lowest BCUT2D eigenvalue weighted by Crippen LogP contribution is -2.30. The lowest BCUT2D eigenvalue weighted by atomic mass is 10.4. The fourth-order valence-electron chi connectivity index (χ4n) is 1.85. The van der Waals surface area contributed by atoms with E-state index >= 15 is 0 Å². The topological polar surface area (TPSA) is 68.4 Å². The summed E-state index contributed by atoms with van der Waals surface area (Å²) < 4.78 is 3.38. The first kappa shape index (κ1) is 13.1. The highest BCUT2D eigenvalue weighted by Crippen LogP contribution is 2.11. The molecule has 104 valence electrons. The van der Waals surface area contributed by atoms with Crippen molar-refractivity contribution in [2.24, 2.45) is 0 Å². The van der Waals surface area contributed by atoms with Crippen LogP contribution in [0.5, 0.6) is 0 Å². The number of amides is 1. The number of carbonyl (C=O) groups excluding carboxylic acids is 1. The summed E-state index contributed by atoms with van der Waals surface area (Å²) in [7, 11) is 0. The third-order valence-electron chi connectivity index (χ3n) is 2.89. The Morgan fingerprint density at radius 2 is 2.30 bits per heavy atom. The Morgan fingerprint density at radius 3 is 3.00 bits per heavy atom. The molecule has 1 amide bonds. The van der Waals surface area contributed by atoms with E-state index in [4.69, 9.17) is 0 Å². The van der Waals surface area contributed by atoms with Crippen LogP contribution in [0.15, 0.2) is 27.9 Å². The van der Waals surface area contributed by atoms with Crippen LogP contribution in [-0.2, 0) is 17.9 Å². The number of aryl methyl sites for hydroxylation is 1. The predicted molar refractivity (Wildman–Crippen MR) is 78.2 cm³/mol. The third-order valence-corrected chi connectivity index (χ3v) is 4.54. The molecule has 0 atom stereocenters. The monoisotopic (exact) mass is 308 g/mol. The second-order valence-electron chi connectivity index (χ2n) is 4.33. The van der Waals surface area contributed by atoms with E-state index in [1.165, 1.54) is 4.57 Å². The number of hydrogen-bond donors (Lipinski definition) is 1. The van der Waals surface area contributed by atoms with Gasteiger partial charge in [0.15, 0.2) is 4.96 Å². The zero-order valence-electron chi connectivity index (χ0n) is 10.7. The second-order valence-corrected chi connectivity index (χ2v) is 6.02. The highest BCUT2D eigenvalue weighted by molar-refractivity contribution is 7.15. The van der Waals surface area contributed by atoms with Crippen LogP contribution in [0.1, 0.15) is 11.4 Å². The molecule has 0 saturated heterocycles. The predicted octanol–water partition coefficient (Wildman–Crippen LogP) is 1.24. The van der Waals surface area contributed by atoms with Crippen molar-refractivity contribution in [2.45, 2.75) is 20.0 Å². The third kappa shape index (κ3) is 2.52. The molecule has 1 N–H and O–H groups in total. The van der Waals surface area contributed by atoms with Crippen molar-refractivity contribution in [3.63, 3.8) is 0 Å². The molecule has 0 unspecified atom stereocenters. The van der Waals surface area contributed by atoms with Gasteiger partial charge in [-0.25, -0.2) is 4.98 Å². The van der Waals surface area contributed by atoms with Crippen molar-refractivity contribution in [3.05, 3.63) is 44.2 Å². The fraction of sp³-hybridized carbons (Fsp3) is 0.250. The lowest BCUT2D eigenvalue weighted by Gasteiger charge is -2.05. The van der Waals surface area contributed by atoms with Crippen molar-refractivity contribution in [1.29, 1.82) is 0 Å². The summed E-state index contributed by atoms with van der Waals surface area (Å²) in [5.74, 6) is -0.190. The number of aromatic nitrogens is 3. The van der Waals surface area contributed by atoms with E-state index < -0.39 is 0 Å². The van der Waals surface area contributed by atoms with Crippen LogP contribution >= 0.6 is 22.7 Å². The van der Waals surface area contributed by atoms with Crippen LogP contribution < -0.4 is 10.2 Å². The number of fused-ring (bicyclic) bond motifs is 1. The van der Waals surface area contributed by atoms with Crippen molar-refractivity contribution in [3.8, 4) is 0 Å². The van der Waals surface area contributed by atoms with E-state index in [2.05, 4.69) is 10.3 Å². The number of imidazole rings is 1. The van der Waals surface area contributed by atoms with Gasteiger partial charge >= 0.3 is 4.87 Å². The molecule has 8 heteroatoms. The maximum Gasteiger partial charge on any atom is 0.307 e. The summed E-state index contributed by atoms with van der Waals surface area (Å²) in [6.45, 7) is 2.23. The Balaban J connectivity index is 1.62. The minimum Gasteiger partial charge on any atom is -0.349 e. The van der Waals surface area contributed by atoms with Gasteiger partial charge in [0.25, 0.3) is 0 Å². The van der Waals surface area contributed by atoms with Gasteiger partial charge in [-0.15, -0.1) is 11.3 Å². The summed E-state index contributed by atoms with van der Waals surface area (Å²) >= 11 is 2.65. The lowest BCUT2D eigenvalue weighted by molar-refractivity contribution is -0.121. The van der Waals surface area contributed by atoms with E-state index in [1.807, 2.05) is 29.1 Å². The molecule has 3 aromatic rings. The Kier molecular flexibility index (Phi) is 3.41. The zero-order valence-corrected chi connectivity index (χ0v) is 12.3. The van der Waals surface area contributed by atoms with E-state index in [-0.39, 0.29) is 17.3 Å². The van der Waals surface area contributed by atoms with Crippen LogP contribution in [0.2, 0.25) is 0 Å². The first-order valence-electron chi connectivity index (χ1n) is 5.96. The van der Waals surface area contributed by atoms with Crippen LogP contribution in [0.3, 0.4) is 0 Å².